The van der Waals surface area contributed by atoms with Gasteiger partial charge in [-0.05, 0) is 26.0 Å². The van der Waals surface area contributed by atoms with E-state index in [4.69, 9.17) is 16.3 Å². The van der Waals surface area contributed by atoms with Crippen LogP contribution in [-0.4, -0.2) is 42.5 Å². The molecule has 0 spiro atoms. The van der Waals surface area contributed by atoms with Gasteiger partial charge >= 0.3 is 0 Å². The molecule has 1 aliphatic rings. The van der Waals surface area contributed by atoms with Gasteiger partial charge in [0.2, 0.25) is 0 Å². The maximum Gasteiger partial charge on any atom is 0.176 e. The first-order valence-corrected chi connectivity index (χ1v) is 6.59. The highest BCUT2D eigenvalue weighted by molar-refractivity contribution is 6.31. The van der Waals surface area contributed by atoms with Crippen molar-refractivity contribution in [2.45, 2.75) is 26.1 Å². The molecule has 18 heavy (non-hydrogen) atoms. The Labute approximate surface area is 113 Å². The van der Waals surface area contributed by atoms with E-state index in [9.17, 15) is 4.79 Å². The second kappa shape index (κ2) is 5.83. The molecule has 0 N–H and O–H groups in total. The first-order chi connectivity index (χ1) is 8.54. The van der Waals surface area contributed by atoms with Crippen molar-refractivity contribution in [3.8, 4) is 0 Å². The number of hydrogen-bond donors (Lipinski definition) is 0. The standard InChI is InChI=1S/C14H18ClNO2/c1-10-7-16(8-11(2)18-10)9-14(17)12-4-3-5-13(15)6-12/h3-6,10-11H,7-9H2,1-2H3/t10-,11+. The van der Waals surface area contributed by atoms with Gasteiger partial charge in [-0.3, -0.25) is 9.69 Å². The van der Waals surface area contributed by atoms with Crippen molar-refractivity contribution in [1.29, 1.82) is 0 Å². The van der Waals surface area contributed by atoms with Crippen LogP contribution >= 0.6 is 11.6 Å². The molecular weight excluding hydrogens is 250 g/mol. The smallest absolute Gasteiger partial charge is 0.176 e. The summed E-state index contributed by atoms with van der Waals surface area (Å²) in [6.45, 7) is 6.10. The molecule has 1 aromatic rings. The molecule has 3 nitrogen and oxygen atoms in total. The Morgan fingerprint density at radius 3 is 2.67 bits per heavy atom. The summed E-state index contributed by atoms with van der Waals surface area (Å²) in [6, 6.07) is 7.11. The number of carbonyl (C=O) groups excluding carboxylic acids is 1. The monoisotopic (exact) mass is 267 g/mol. The van der Waals surface area contributed by atoms with E-state index in [2.05, 4.69) is 4.90 Å². The number of halogens is 1. The Bertz CT molecular complexity index is 426. The zero-order chi connectivity index (χ0) is 13.1. The number of rotatable bonds is 3. The quantitative estimate of drug-likeness (QED) is 0.789. The van der Waals surface area contributed by atoms with Crippen molar-refractivity contribution in [2.75, 3.05) is 19.6 Å². The molecule has 4 heteroatoms. The highest BCUT2D eigenvalue weighted by atomic mass is 35.5. The van der Waals surface area contributed by atoms with Crippen LogP contribution in [0.5, 0.6) is 0 Å². The van der Waals surface area contributed by atoms with E-state index in [0.29, 0.717) is 17.1 Å². The van der Waals surface area contributed by atoms with Crippen LogP contribution in [0, 0.1) is 0 Å². The average Bonchev–Trinajstić information content (AvgIpc) is 2.27. The first kappa shape index (κ1) is 13.5. The van der Waals surface area contributed by atoms with Gasteiger partial charge in [-0.1, -0.05) is 23.7 Å². The van der Waals surface area contributed by atoms with Crippen molar-refractivity contribution in [3.05, 3.63) is 34.9 Å². The Morgan fingerprint density at radius 1 is 1.39 bits per heavy atom. The number of Topliss-reactive ketones (excluding diaryl/α,β-unsaturated/α-hetero) is 1. The van der Waals surface area contributed by atoms with Crippen LogP contribution in [0.2, 0.25) is 5.02 Å². The van der Waals surface area contributed by atoms with E-state index in [0.717, 1.165) is 13.1 Å². The van der Waals surface area contributed by atoms with Crippen molar-refractivity contribution < 1.29 is 9.53 Å². The normalized spacial score (nSPS) is 25.1. The van der Waals surface area contributed by atoms with Crippen molar-refractivity contribution in [2.24, 2.45) is 0 Å². The van der Waals surface area contributed by atoms with Gasteiger partial charge in [-0.15, -0.1) is 0 Å². The van der Waals surface area contributed by atoms with Gasteiger partial charge in [0.25, 0.3) is 0 Å². The predicted octanol–water partition coefficient (Wildman–Crippen LogP) is 2.63. The molecule has 1 heterocycles. The fourth-order valence-corrected chi connectivity index (χ4v) is 2.56. The maximum atomic E-state index is 12.1. The molecule has 0 amide bonds. The minimum atomic E-state index is 0.110. The third-order valence-electron chi connectivity index (χ3n) is 3.01. The zero-order valence-corrected chi connectivity index (χ0v) is 11.5. The SMILES string of the molecule is C[C@@H]1CN(CC(=O)c2cccc(Cl)c2)C[C@H](C)O1. The predicted molar refractivity (Wildman–Crippen MR) is 72.2 cm³/mol. The molecular formula is C14H18ClNO2. The Morgan fingerprint density at radius 2 is 2.06 bits per heavy atom. The fourth-order valence-electron chi connectivity index (χ4n) is 2.37. The first-order valence-electron chi connectivity index (χ1n) is 6.21. The van der Waals surface area contributed by atoms with Gasteiger partial charge in [0, 0.05) is 23.7 Å². The molecule has 1 aliphatic heterocycles. The number of ether oxygens (including phenoxy) is 1. The number of ketones is 1. The molecule has 0 unspecified atom stereocenters. The lowest BCUT2D eigenvalue weighted by molar-refractivity contribution is -0.0652. The molecule has 1 aromatic carbocycles. The van der Waals surface area contributed by atoms with Crippen LogP contribution in [-0.2, 0) is 4.74 Å². The number of morpholine rings is 1. The summed E-state index contributed by atoms with van der Waals surface area (Å²) in [5.74, 6) is 0.110. The van der Waals surface area contributed by atoms with Crippen molar-refractivity contribution in [1.82, 2.24) is 4.90 Å². The minimum absolute atomic E-state index is 0.110. The number of hydrogen-bond acceptors (Lipinski definition) is 3. The lowest BCUT2D eigenvalue weighted by Gasteiger charge is -2.34. The lowest BCUT2D eigenvalue weighted by Crippen LogP contribution is -2.47. The minimum Gasteiger partial charge on any atom is -0.373 e. The molecule has 2 atom stereocenters. The van der Waals surface area contributed by atoms with E-state index in [-0.39, 0.29) is 18.0 Å². The lowest BCUT2D eigenvalue weighted by atomic mass is 10.1. The van der Waals surface area contributed by atoms with Crippen LogP contribution in [0.3, 0.4) is 0 Å². The van der Waals surface area contributed by atoms with E-state index in [1.807, 2.05) is 19.9 Å². The number of nitrogens with zero attached hydrogens (tertiary/aromatic N) is 1. The Balaban J connectivity index is 1.99. The highest BCUT2D eigenvalue weighted by Gasteiger charge is 2.23. The summed E-state index contributed by atoms with van der Waals surface area (Å²) in [4.78, 5) is 14.3. The Hall–Kier alpha value is -0.900. The molecule has 0 aromatic heterocycles. The molecule has 1 saturated heterocycles. The molecule has 0 aliphatic carbocycles. The van der Waals surface area contributed by atoms with Crippen LogP contribution in [0.1, 0.15) is 24.2 Å². The summed E-state index contributed by atoms with van der Waals surface area (Å²) >= 11 is 5.89. The number of benzene rings is 1. The maximum absolute atomic E-state index is 12.1. The second-order valence-electron chi connectivity index (χ2n) is 4.88. The van der Waals surface area contributed by atoms with Gasteiger partial charge in [0.15, 0.2) is 5.78 Å². The van der Waals surface area contributed by atoms with Crippen LogP contribution in [0.4, 0.5) is 0 Å². The third kappa shape index (κ3) is 3.55. The average molecular weight is 268 g/mol. The fraction of sp³-hybridized carbons (Fsp3) is 0.500. The number of carbonyl (C=O) groups is 1. The van der Waals surface area contributed by atoms with Gasteiger partial charge < -0.3 is 4.74 Å². The van der Waals surface area contributed by atoms with E-state index in [1.165, 1.54) is 0 Å². The molecule has 98 valence electrons. The summed E-state index contributed by atoms with van der Waals surface area (Å²) in [6.07, 6.45) is 0.363. The Kier molecular flexibility index (Phi) is 4.38. The highest BCUT2D eigenvalue weighted by Crippen LogP contribution is 2.14. The molecule has 0 bridgehead atoms. The largest absolute Gasteiger partial charge is 0.373 e. The second-order valence-corrected chi connectivity index (χ2v) is 5.32. The topological polar surface area (TPSA) is 29.5 Å². The molecule has 0 saturated carbocycles. The van der Waals surface area contributed by atoms with Crippen LogP contribution < -0.4 is 0 Å². The van der Waals surface area contributed by atoms with Crippen LogP contribution in [0.15, 0.2) is 24.3 Å². The molecule has 0 radical (unpaired) electrons. The van der Waals surface area contributed by atoms with Gasteiger partial charge in [-0.2, -0.15) is 0 Å². The van der Waals surface area contributed by atoms with Crippen LogP contribution in [0.25, 0.3) is 0 Å². The van der Waals surface area contributed by atoms with Crippen molar-refractivity contribution >= 4 is 17.4 Å². The third-order valence-corrected chi connectivity index (χ3v) is 3.24. The van der Waals surface area contributed by atoms with Crippen molar-refractivity contribution in [3.63, 3.8) is 0 Å². The summed E-state index contributed by atoms with van der Waals surface area (Å²) < 4.78 is 5.65. The summed E-state index contributed by atoms with van der Waals surface area (Å²) in [7, 11) is 0. The van der Waals surface area contributed by atoms with E-state index >= 15 is 0 Å². The van der Waals surface area contributed by atoms with Gasteiger partial charge in [0.05, 0.1) is 18.8 Å². The van der Waals surface area contributed by atoms with Gasteiger partial charge in [0.1, 0.15) is 0 Å². The molecule has 2 rings (SSSR count). The molecule has 1 fully saturated rings. The summed E-state index contributed by atoms with van der Waals surface area (Å²) in [5.41, 5.74) is 0.675. The van der Waals surface area contributed by atoms with E-state index < -0.39 is 0 Å². The summed E-state index contributed by atoms with van der Waals surface area (Å²) in [5, 5.41) is 0.601. The van der Waals surface area contributed by atoms with Gasteiger partial charge in [-0.25, -0.2) is 0 Å². The zero-order valence-electron chi connectivity index (χ0n) is 10.7. The van der Waals surface area contributed by atoms with E-state index in [1.54, 1.807) is 18.2 Å².